The van der Waals surface area contributed by atoms with Crippen molar-refractivity contribution in [2.24, 2.45) is 11.3 Å². The van der Waals surface area contributed by atoms with Crippen molar-refractivity contribution in [2.45, 2.75) is 48.0 Å². The van der Waals surface area contributed by atoms with Crippen LogP contribution in [0.15, 0.2) is 169 Å². The van der Waals surface area contributed by atoms with Gasteiger partial charge in [0.15, 0.2) is 0 Å². The Hall–Kier alpha value is -4.00. The van der Waals surface area contributed by atoms with Crippen molar-refractivity contribution in [3.63, 3.8) is 0 Å². The molecule has 1 aliphatic carbocycles. The van der Waals surface area contributed by atoms with E-state index in [9.17, 15) is 0 Å². The quantitative estimate of drug-likeness (QED) is 0.156. The minimum absolute atomic E-state index is 0. The van der Waals surface area contributed by atoms with Gasteiger partial charge >= 0.3 is 112 Å². The molecule has 0 aliphatic heterocycles. The molecule has 0 aromatic heterocycles. The number of allylic oxidation sites excluding steroid dienone is 4. The van der Waals surface area contributed by atoms with Crippen molar-refractivity contribution in [3.05, 3.63) is 198 Å². The van der Waals surface area contributed by atoms with Gasteiger partial charge in [-0.1, -0.05) is 142 Å². The van der Waals surface area contributed by atoms with Gasteiger partial charge in [-0.05, 0) is 11.1 Å². The normalized spacial score (nSPS) is 13.1. The van der Waals surface area contributed by atoms with Gasteiger partial charge in [-0.25, -0.2) is 6.08 Å². The molecular weight excluding hydrogens is 775 g/mol. The number of halogens is 2. The molecule has 7 aromatic rings. The van der Waals surface area contributed by atoms with E-state index in [1.165, 1.54) is 105 Å². The molecule has 0 radical (unpaired) electrons. The fraction of sp³-hybridized carbons (Fsp3) is 0.176. The average Bonchev–Trinajstić information content (AvgIpc) is 3.81. The molecule has 8 rings (SSSR count). The molecule has 0 bridgehead atoms. The molecule has 0 heterocycles. The molecule has 3 heteroatoms. The summed E-state index contributed by atoms with van der Waals surface area (Å²) in [7, 11) is 0. The fourth-order valence-electron chi connectivity index (χ4n) is 6.46. The van der Waals surface area contributed by atoms with Gasteiger partial charge in [-0.2, -0.15) is 11.6 Å². The third-order valence-corrected chi connectivity index (χ3v) is 11.2. The second-order valence-electron chi connectivity index (χ2n) is 14.8. The Bertz CT molecular complexity index is 2180. The monoisotopic (exact) mass is 820 g/mol. The maximum Gasteiger partial charge on any atom is -0.0259 e. The van der Waals surface area contributed by atoms with E-state index in [-0.39, 0.29) is 24.8 Å². The van der Waals surface area contributed by atoms with Gasteiger partial charge in [0.2, 0.25) is 0 Å². The molecule has 272 valence electrons. The van der Waals surface area contributed by atoms with Gasteiger partial charge in [0, 0.05) is 0 Å². The summed E-state index contributed by atoms with van der Waals surface area (Å²) < 4.78 is 1.42. The van der Waals surface area contributed by atoms with E-state index in [4.69, 9.17) is 0 Å². The topological polar surface area (TPSA) is 0 Å². The van der Waals surface area contributed by atoms with Crippen LogP contribution in [-0.2, 0) is 24.2 Å². The molecule has 0 N–H and O–H groups in total. The molecule has 0 saturated carbocycles. The van der Waals surface area contributed by atoms with Crippen LogP contribution in [0.5, 0.6) is 0 Å². The zero-order valence-electron chi connectivity index (χ0n) is 32.1. The number of benzene rings is 6. The first-order valence-corrected chi connectivity index (χ1v) is 19.6. The van der Waals surface area contributed by atoms with E-state index in [2.05, 4.69) is 211 Å². The standard InChI is InChI=1S/C25H17.C15H14.C11H17.2ClH.Zr/c1-3-7-18(8-4-1)20-11-13-24-22(15-20)17-23-16-21(12-14-25(23)24)19-9-5-2-6-10-19;1-12-3-7-14(8-4-12)11-15-9-5-13(2)6-10-15;1-5-9-6-7-10(8-9)11(2,3)4;;;/h1-17H;3-10H,1-2H3;7-9H,5H2,1-4H3;2*1H;/q-1;;-1;;;+2/p-2. The number of aryl methyl sites for hydroxylation is 2. The Balaban J connectivity index is 0.000000194. The SMILES string of the molecule is CCC1[C-]=CC(C(C)(C)C)=C1.Cc1ccc([C](=[Zr+2])c2ccc(C)cc2)cc1.[Cl-].[Cl-].c1ccc(-c2ccc3c(c2)[cH-]c2cc(-c4ccccc4)ccc23)cc1. The summed E-state index contributed by atoms with van der Waals surface area (Å²) >= 11 is 1.46. The summed E-state index contributed by atoms with van der Waals surface area (Å²) in [6, 6.07) is 54.5. The van der Waals surface area contributed by atoms with Crippen LogP contribution in [-0.4, -0.2) is 3.21 Å². The largest absolute Gasteiger partial charge is 1.00 e. The molecule has 0 amide bonds. The summed E-state index contributed by atoms with van der Waals surface area (Å²) in [5.41, 5.74) is 12.1. The maximum absolute atomic E-state index is 3.35. The van der Waals surface area contributed by atoms with E-state index < -0.39 is 0 Å². The number of hydrogen-bond donors (Lipinski definition) is 0. The third-order valence-electron chi connectivity index (χ3n) is 9.74. The van der Waals surface area contributed by atoms with Gasteiger partial charge in [0.05, 0.1) is 0 Å². The summed E-state index contributed by atoms with van der Waals surface area (Å²) in [4.78, 5) is 0. The summed E-state index contributed by atoms with van der Waals surface area (Å²) in [6.07, 6.45) is 9.00. The van der Waals surface area contributed by atoms with Gasteiger partial charge in [0.1, 0.15) is 0 Å². The van der Waals surface area contributed by atoms with Crippen molar-refractivity contribution < 1.29 is 49.0 Å². The number of rotatable bonds is 5. The van der Waals surface area contributed by atoms with E-state index in [0.29, 0.717) is 11.3 Å². The van der Waals surface area contributed by atoms with Gasteiger partial charge < -0.3 is 24.8 Å². The van der Waals surface area contributed by atoms with Crippen LogP contribution < -0.4 is 24.8 Å². The molecule has 0 spiro atoms. The second kappa shape index (κ2) is 19.5. The Morgan fingerprint density at radius 2 is 1.02 bits per heavy atom. The van der Waals surface area contributed by atoms with Crippen LogP contribution in [0.3, 0.4) is 0 Å². The Morgan fingerprint density at radius 3 is 1.37 bits per heavy atom. The van der Waals surface area contributed by atoms with E-state index >= 15 is 0 Å². The fourth-order valence-corrected chi connectivity index (χ4v) is 7.28. The zero-order chi connectivity index (χ0) is 36.7. The molecule has 1 unspecified atom stereocenters. The molecule has 0 nitrogen and oxygen atoms in total. The summed E-state index contributed by atoms with van der Waals surface area (Å²) in [5.74, 6) is 0.573. The molecule has 0 saturated heterocycles. The van der Waals surface area contributed by atoms with Crippen LogP contribution >= 0.6 is 0 Å². The third kappa shape index (κ3) is 10.8. The van der Waals surface area contributed by atoms with Gasteiger partial charge in [0.25, 0.3) is 0 Å². The predicted molar refractivity (Wildman–Crippen MR) is 223 cm³/mol. The van der Waals surface area contributed by atoms with Crippen LogP contribution in [0.2, 0.25) is 0 Å². The Kier molecular flexibility index (Phi) is 15.5. The predicted octanol–water partition coefficient (Wildman–Crippen LogP) is 7.83. The van der Waals surface area contributed by atoms with Crippen LogP contribution in [0, 0.1) is 31.3 Å². The molecule has 1 aliphatic rings. The van der Waals surface area contributed by atoms with Crippen molar-refractivity contribution in [2.75, 3.05) is 0 Å². The molecule has 7 aromatic carbocycles. The molecule has 1 atom stereocenters. The molecule has 0 fully saturated rings. The van der Waals surface area contributed by atoms with E-state index in [1.54, 1.807) is 0 Å². The van der Waals surface area contributed by atoms with Gasteiger partial charge in [-0.15, -0.1) is 39.7 Å². The second-order valence-corrected chi connectivity index (χ2v) is 16.0. The maximum atomic E-state index is 3.35. The van der Waals surface area contributed by atoms with Crippen molar-refractivity contribution in [1.82, 2.24) is 0 Å². The molecule has 54 heavy (non-hydrogen) atoms. The minimum Gasteiger partial charge on any atom is -1.00 e. The van der Waals surface area contributed by atoms with Crippen molar-refractivity contribution in [1.29, 1.82) is 0 Å². The van der Waals surface area contributed by atoms with Gasteiger partial charge in [-0.3, -0.25) is 6.08 Å². The van der Waals surface area contributed by atoms with Crippen LogP contribution in [0.4, 0.5) is 0 Å². The van der Waals surface area contributed by atoms with E-state index in [0.717, 1.165) is 0 Å². The first-order chi connectivity index (χ1) is 25.1. The van der Waals surface area contributed by atoms with Crippen molar-refractivity contribution >= 4 is 24.8 Å². The smallest absolute Gasteiger partial charge is 0.0259 e. The first kappa shape index (κ1) is 42.7. The first-order valence-electron chi connectivity index (χ1n) is 18.4. The summed E-state index contributed by atoms with van der Waals surface area (Å²) in [6.45, 7) is 13.2. The Labute approximate surface area is 350 Å². The van der Waals surface area contributed by atoms with Crippen LogP contribution in [0.1, 0.15) is 56.4 Å². The molecular formula is C51H48Cl2Zr-2. The average molecular weight is 823 g/mol. The zero-order valence-corrected chi connectivity index (χ0v) is 36.1. The summed E-state index contributed by atoms with van der Waals surface area (Å²) in [5, 5.41) is 5.27. The minimum atomic E-state index is 0. The van der Waals surface area contributed by atoms with Crippen LogP contribution in [0.25, 0.3) is 43.8 Å². The Morgan fingerprint density at radius 1 is 0.593 bits per heavy atom. The number of fused-ring (bicyclic) bond motifs is 3. The van der Waals surface area contributed by atoms with Crippen molar-refractivity contribution in [3.8, 4) is 22.3 Å². The van der Waals surface area contributed by atoms with E-state index in [1.807, 2.05) is 0 Å². The number of hydrogen-bond acceptors (Lipinski definition) is 0.